The van der Waals surface area contributed by atoms with Crippen LogP contribution in [-0.2, 0) is 6.42 Å². The summed E-state index contributed by atoms with van der Waals surface area (Å²) in [5, 5.41) is 7.42. The molecule has 55 heavy (non-hydrogen) atoms. The maximum absolute atomic E-state index is 5.58. The summed E-state index contributed by atoms with van der Waals surface area (Å²) in [5.41, 5.74) is 15.3. The van der Waals surface area contributed by atoms with Crippen molar-refractivity contribution in [3.05, 3.63) is 163 Å². The quantitative estimate of drug-likeness (QED) is 0.178. The highest BCUT2D eigenvalue weighted by atomic mass is 32.1. The molecule has 4 nitrogen and oxygen atoms in total. The van der Waals surface area contributed by atoms with E-state index in [4.69, 9.17) is 9.97 Å². The molecular weight excluding hydrogens is 689 g/mol. The highest BCUT2D eigenvalue weighted by molar-refractivity contribution is 7.26. The SMILES string of the molecule is C1=Cc2c(nc(-n3c4ccccc4c4cc5c(cc43)c3cccc4c3n5-c3ccccc3-c3ccccc3-4)nc2-c2cccc3c2sc2ccccc23)CC1. The van der Waals surface area contributed by atoms with Gasteiger partial charge in [0.1, 0.15) is 0 Å². The lowest BCUT2D eigenvalue weighted by atomic mass is 9.94. The fraction of sp³-hybridized carbons (Fsp3) is 0.0400. The smallest absolute Gasteiger partial charge is 0.235 e. The summed E-state index contributed by atoms with van der Waals surface area (Å²) in [7, 11) is 0. The molecule has 0 radical (unpaired) electrons. The Balaban J connectivity index is 1.14. The molecule has 0 spiro atoms. The lowest BCUT2D eigenvalue weighted by Gasteiger charge is -2.17. The zero-order chi connectivity index (χ0) is 35.8. The van der Waals surface area contributed by atoms with E-state index in [1.165, 1.54) is 80.7 Å². The second-order valence-corrected chi connectivity index (χ2v) is 15.8. The van der Waals surface area contributed by atoms with Crippen molar-refractivity contribution in [2.24, 2.45) is 0 Å². The average Bonchev–Trinajstić information content (AvgIpc) is 3.87. The Morgan fingerprint density at radius 1 is 0.491 bits per heavy atom. The van der Waals surface area contributed by atoms with Gasteiger partial charge in [0.2, 0.25) is 5.95 Å². The molecule has 0 amide bonds. The normalized spacial score (nSPS) is 13.2. The van der Waals surface area contributed by atoms with E-state index < -0.39 is 0 Å². The number of allylic oxidation sites excluding steroid dienone is 1. The zero-order valence-electron chi connectivity index (χ0n) is 29.6. The Morgan fingerprint density at radius 3 is 2.04 bits per heavy atom. The van der Waals surface area contributed by atoms with E-state index in [0.29, 0.717) is 0 Å². The minimum absolute atomic E-state index is 0.720. The predicted molar refractivity (Wildman–Crippen MR) is 231 cm³/mol. The van der Waals surface area contributed by atoms with Crippen LogP contribution in [0.1, 0.15) is 17.7 Å². The molecule has 0 bridgehead atoms. The van der Waals surface area contributed by atoms with Crippen molar-refractivity contribution >= 4 is 81.2 Å². The van der Waals surface area contributed by atoms with Crippen molar-refractivity contribution in [1.82, 2.24) is 19.1 Å². The van der Waals surface area contributed by atoms with Crippen LogP contribution >= 0.6 is 11.3 Å². The van der Waals surface area contributed by atoms with Crippen LogP contribution in [0.25, 0.3) is 115 Å². The van der Waals surface area contributed by atoms with Crippen LogP contribution in [0.2, 0.25) is 0 Å². The van der Waals surface area contributed by atoms with Gasteiger partial charge in [-0.05, 0) is 54.3 Å². The van der Waals surface area contributed by atoms with Gasteiger partial charge >= 0.3 is 0 Å². The fourth-order valence-electron chi connectivity index (χ4n) is 9.59. The Hall–Kier alpha value is -6.82. The van der Waals surface area contributed by atoms with Crippen molar-refractivity contribution in [3.63, 3.8) is 0 Å². The van der Waals surface area contributed by atoms with Crippen molar-refractivity contribution in [2.45, 2.75) is 12.8 Å². The Bertz CT molecular complexity index is 3500. The molecule has 1 aliphatic carbocycles. The van der Waals surface area contributed by atoms with Gasteiger partial charge in [-0.3, -0.25) is 4.57 Å². The Labute approximate surface area is 319 Å². The van der Waals surface area contributed by atoms with Gasteiger partial charge in [0, 0.05) is 64.0 Å². The van der Waals surface area contributed by atoms with Crippen molar-refractivity contribution in [1.29, 1.82) is 0 Å². The van der Waals surface area contributed by atoms with Crippen LogP contribution in [0.4, 0.5) is 0 Å². The molecule has 1 aliphatic heterocycles. The fourth-order valence-corrected chi connectivity index (χ4v) is 10.8. The average molecular weight is 719 g/mol. The van der Waals surface area contributed by atoms with Crippen molar-refractivity contribution in [2.75, 3.05) is 0 Å². The van der Waals surface area contributed by atoms with E-state index in [1.807, 2.05) is 11.3 Å². The van der Waals surface area contributed by atoms with E-state index >= 15 is 0 Å². The van der Waals surface area contributed by atoms with Crippen molar-refractivity contribution in [3.8, 4) is 45.1 Å². The molecule has 5 heteroatoms. The van der Waals surface area contributed by atoms with Gasteiger partial charge in [-0.2, -0.15) is 0 Å². The van der Waals surface area contributed by atoms with Gasteiger partial charge in [-0.1, -0.05) is 127 Å². The molecule has 7 aromatic carbocycles. The van der Waals surface area contributed by atoms with Crippen molar-refractivity contribution < 1.29 is 0 Å². The number of rotatable bonds is 2. The Kier molecular flexibility index (Phi) is 5.86. The third-order valence-electron chi connectivity index (χ3n) is 11.9. The van der Waals surface area contributed by atoms with Crippen LogP contribution in [-0.4, -0.2) is 19.1 Å². The molecule has 13 rings (SSSR count). The third kappa shape index (κ3) is 3.95. The molecule has 0 fully saturated rings. The monoisotopic (exact) mass is 718 g/mol. The highest BCUT2D eigenvalue weighted by Gasteiger charge is 2.27. The number of aromatic nitrogens is 4. The molecule has 5 heterocycles. The van der Waals surface area contributed by atoms with Crippen LogP contribution in [0.3, 0.4) is 0 Å². The van der Waals surface area contributed by atoms with Crippen LogP contribution in [0, 0.1) is 0 Å². The summed E-state index contributed by atoms with van der Waals surface area (Å²) in [4.78, 5) is 11.0. The predicted octanol–water partition coefficient (Wildman–Crippen LogP) is 13.3. The van der Waals surface area contributed by atoms with Gasteiger partial charge in [0.05, 0.1) is 39.1 Å². The number of aryl methyl sites for hydroxylation is 1. The first kappa shape index (κ1) is 29.6. The van der Waals surface area contributed by atoms with Gasteiger partial charge in [0.25, 0.3) is 0 Å². The number of benzene rings is 7. The molecule has 256 valence electrons. The summed E-state index contributed by atoms with van der Waals surface area (Å²) < 4.78 is 7.39. The molecule has 0 unspecified atom stereocenters. The third-order valence-corrected chi connectivity index (χ3v) is 13.2. The number of hydrogen-bond acceptors (Lipinski definition) is 3. The minimum Gasteiger partial charge on any atom is -0.308 e. The van der Waals surface area contributed by atoms with Gasteiger partial charge in [-0.15, -0.1) is 11.3 Å². The molecule has 0 N–H and O–H groups in total. The highest BCUT2D eigenvalue weighted by Crippen LogP contribution is 2.48. The second kappa shape index (κ2) is 10.9. The Morgan fingerprint density at radius 2 is 1.15 bits per heavy atom. The molecule has 0 atom stereocenters. The van der Waals surface area contributed by atoms with Crippen LogP contribution in [0.5, 0.6) is 0 Å². The second-order valence-electron chi connectivity index (χ2n) is 14.8. The van der Waals surface area contributed by atoms with E-state index in [1.54, 1.807) is 0 Å². The summed E-state index contributed by atoms with van der Waals surface area (Å²) >= 11 is 1.85. The summed E-state index contributed by atoms with van der Waals surface area (Å²) in [5.74, 6) is 0.720. The largest absolute Gasteiger partial charge is 0.308 e. The van der Waals surface area contributed by atoms with E-state index in [2.05, 4.69) is 167 Å². The molecule has 11 aromatic rings. The molecule has 2 aliphatic rings. The maximum atomic E-state index is 5.58. The summed E-state index contributed by atoms with van der Waals surface area (Å²) in [6, 6.07) is 53.5. The molecule has 0 saturated carbocycles. The topological polar surface area (TPSA) is 35.6 Å². The molecular formula is C50H30N4S. The van der Waals surface area contributed by atoms with E-state index in [-0.39, 0.29) is 0 Å². The lowest BCUT2D eigenvalue weighted by Crippen LogP contribution is -2.09. The standard InChI is InChI=1S/C50H30N4S/c1-2-14-30-29(13-1)31-15-4-8-24-42(31)53-44-27-39-32-16-5-9-25-43(32)54(45(39)28-40(44)35-20-11-19-34(30)48(35)53)50-51-41-23-7-3-18-37(41)47(52-50)38-22-12-21-36-33-17-6-10-26-46(33)55-49(36)38/h1-6,8-22,24-28H,7,23H2. The first-order valence-corrected chi connectivity index (χ1v) is 19.8. The molecule has 0 saturated heterocycles. The number of thiophene rings is 1. The van der Waals surface area contributed by atoms with E-state index in [0.717, 1.165) is 52.3 Å². The van der Waals surface area contributed by atoms with Gasteiger partial charge < -0.3 is 4.57 Å². The molecule has 4 aromatic heterocycles. The lowest BCUT2D eigenvalue weighted by molar-refractivity contribution is 0.878. The number of para-hydroxylation sites is 3. The number of fused-ring (bicyclic) bond motifs is 15. The van der Waals surface area contributed by atoms with Crippen LogP contribution in [0.15, 0.2) is 152 Å². The first-order chi connectivity index (χ1) is 27.3. The first-order valence-electron chi connectivity index (χ1n) is 19.0. The van der Waals surface area contributed by atoms with Gasteiger partial charge in [0.15, 0.2) is 0 Å². The minimum atomic E-state index is 0.720. The summed E-state index contributed by atoms with van der Waals surface area (Å²) in [6.07, 6.45) is 6.37. The maximum Gasteiger partial charge on any atom is 0.235 e. The summed E-state index contributed by atoms with van der Waals surface area (Å²) in [6.45, 7) is 0. The van der Waals surface area contributed by atoms with Crippen LogP contribution < -0.4 is 0 Å². The number of hydrogen-bond donors (Lipinski definition) is 0. The van der Waals surface area contributed by atoms with Gasteiger partial charge in [-0.25, -0.2) is 9.97 Å². The zero-order valence-corrected chi connectivity index (χ0v) is 30.4. The van der Waals surface area contributed by atoms with E-state index in [9.17, 15) is 0 Å². The number of nitrogens with zero attached hydrogens (tertiary/aromatic N) is 4.